The first-order valence-electron chi connectivity index (χ1n) is 3.79. The molecule has 0 aromatic carbocycles. The van der Waals surface area contributed by atoms with Crippen molar-refractivity contribution in [2.24, 2.45) is 11.8 Å². The summed E-state index contributed by atoms with van der Waals surface area (Å²) in [6.45, 7) is -4.49. The Balaban J connectivity index is 0.000000605. The molecule has 0 aromatic rings. The van der Waals surface area contributed by atoms with Gasteiger partial charge in [-0.1, -0.05) is 31.0 Å². The van der Waals surface area contributed by atoms with Gasteiger partial charge in [-0.3, -0.25) is 0 Å². The van der Waals surface area contributed by atoms with Gasteiger partial charge in [-0.05, 0) is 5.92 Å². The summed E-state index contributed by atoms with van der Waals surface area (Å²) in [6.07, 6.45) is 2.54. The van der Waals surface area contributed by atoms with Gasteiger partial charge in [0.1, 0.15) is 0 Å². The van der Waals surface area contributed by atoms with Gasteiger partial charge in [-0.2, -0.15) is 0 Å². The normalized spacial score (nSPS) is 36.3. The van der Waals surface area contributed by atoms with Crippen LogP contribution in [0.3, 0.4) is 0 Å². The second-order valence-corrected chi connectivity index (χ2v) is 3.53. The van der Waals surface area contributed by atoms with E-state index in [1.165, 1.54) is 0 Å². The third-order valence-corrected chi connectivity index (χ3v) is 2.60. The first-order valence-corrected chi connectivity index (χ1v) is 3.79. The fourth-order valence-corrected chi connectivity index (χ4v) is 1.74. The van der Waals surface area contributed by atoms with E-state index >= 15 is 0 Å². The molecule has 0 saturated heterocycles. The monoisotopic (exact) mass is 188 g/mol. The van der Waals surface area contributed by atoms with Gasteiger partial charge in [0, 0.05) is 0 Å². The van der Waals surface area contributed by atoms with E-state index in [1.807, 2.05) is 0 Å². The summed E-state index contributed by atoms with van der Waals surface area (Å²) >= 11 is 0. The molecule has 2 atom stereocenters. The van der Waals surface area contributed by atoms with E-state index < -0.39 is 12.8 Å². The van der Waals surface area contributed by atoms with Crippen molar-refractivity contribution in [1.29, 1.82) is 0 Å². The van der Waals surface area contributed by atoms with Crippen molar-refractivity contribution in [3.8, 4) is 0 Å². The zero-order chi connectivity index (χ0) is 7.35. The van der Waals surface area contributed by atoms with Crippen LogP contribution in [0.1, 0.15) is 19.3 Å². The molecule has 0 aromatic heterocycles. The molecule has 0 N–H and O–H groups in total. The number of halogens is 3. The summed E-state index contributed by atoms with van der Waals surface area (Å²) in [6, 6.07) is 0. The van der Waals surface area contributed by atoms with Gasteiger partial charge in [0.05, 0.1) is 0 Å². The van der Waals surface area contributed by atoms with E-state index in [9.17, 15) is 12.9 Å². The van der Waals surface area contributed by atoms with Crippen LogP contribution in [0.2, 0.25) is 5.82 Å². The Morgan fingerprint density at radius 3 is 1.91 bits per heavy atom. The van der Waals surface area contributed by atoms with Gasteiger partial charge in [-0.15, -0.1) is 0 Å². The maximum Gasteiger partial charge on any atom is 1.00 e. The molecule has 0 spiro atoms. The van der Waals surface area contributed by atoms with Crippen molar-refractivity contribution >= 4 is 6.98 Å². The Kier molecular flexibility index (Phi) is 3.20. The SMILES string of the molecule is F[B-](F)(F)C1CC1C1CC1.[K+]. The summed E-state index contributed by atoms with van der Waals surface area (Å²) in [5.41, 5.74) is 0. The Morgan fingerprint density at radius 2 is 1.64 bits per heavy atom. The molecule has 2 aliphatic carbocycles. The van der Waals surface area contributed by atoms with Crippen LogP contribution in [-0.4, -0.2) is 6.98 Å². The maximum atomic E-state index is 11.9. The van der Waals surface area contributed by atoms with Crippen molar-refractivity contribution < 1.29 is 64.3 Å². The molecule has 5 heteroatoms. The molecule has 2 fully saturated rings. The molecule has 0 nitrogen and oxygen atoms in total. The zero-order valence-electron chi connectivity index (χ0n) is 6.56. The van der Waals surface area contributed by atoms with Crippen molar-refractivity contribution in [3.63, 3.8) is 0 Å². The molecule has 0 amide bonds. The fourth-order valence-electron chi connectivity index (χ4n) is 1.74. The Hall–Kier alpha value is 1.49. The summed E-state index contributed by atoms with van der Waals surface area (Å²) in [7, 11) is 0. The van der Waals surface area contributed by atoms with E-state index in [-0.39, 0.29) is 57.3 Å². The first kappa shape index (κ1) is 10.6. The van der Waals surface area contributed by atoms with Crippen LogP contribution in [0.4, 0.5) is 12.9 Å². The molecule has 2 aliphatic rings. The Morgan fingerprint density at radius 1 is 1.09 bits per heavy atom. The molecule has 0 aliphatic heterocycles. The topological polar surface area (TPSA) is 0 Å². The summed E-state index contributed by atoms with van der Waals surface area (Å²) < 4.78 is 35.8. The molecule has 2 saturated carbocycles. The van der Waals surface area contributed by atoms with E-state index in [0.29, 0.717) is 12.3 Å². The molecule has 0 bridgehead atoms. The minimum absolute atomic E-state index is 0. The Bertz CT molecular complexity index is 154. The maximum absolute atomic E-state index is 11.9. The number of rotatable bonds is 2. The minimum Gasteiger partial charge on any atom is -0.449 e. The number of hydrogen-bond donors (Lipinski definition) is 0. The predicted molar refractivity (Wildman–Crippen MR) is 33.7 cm³/mol. The molecule has 0 radical (unpaired) electrons. The third kappa shape index (κ3) is 2.47. The third-order valence-electron chi connectivity index (χ3n) is 2.60. The van der Waals surface area contributed by atoms with Gasteiger partial charge in [0.15, 0.2) is 0 Å². The van der Waals surface area contributed by atoms with Gasteiger partial charge >= 0.3 is 58.4 Å². The van der Waals surface area contributed by atoms with E-state index in [4.69, 9.17) is 0 Å². The molecular formula is C6H9BF3K. The molecule has 11 heavy (non-hydrogen) atoms. The smallest absolute Gasteiger partial charge is 0.449 e. The molecule has 0 heterocycles. The van der Waals surface area contributed by atoms with E-state index in [2.05, 4.69) is 0 Å². The summed E-state index contributed by atoms with van der Waals surface area (Å²) in [5, 5.41) is 0. The molecule has 2 unspecified atom stereocenters. The van der Waals surface area contributed by atoms with Crippen LogP contribution >= 0.6 is 0 Å². The average molecular weight is 188 g/mol. The zero-order valence-corrected chi connectivity index (χ0v) is 9.69. The minimum atomic E-state index is -4.49. The van der Waals surface area contributed by atoms with Crippen LogP contribution in [0, 0.1) is 11.8 Å². The van der Waals surface area contributed by atoms with Crippen molar-refractivity contribution in [3.05, 3.63) is 0 Å². The predicted octanol–water partition coefficient (Wildman–Crippen LogP) is -0.362. The molecule has 58 valence electrons. The summed E-state index contributed by atoms with van der Waals surface area (Å²) in [5.74, 6) is -0.374. The van der Waals surface area contributed by atoms with Crippen LogP contribution in [0.25, 0.3) is 0 Å². The van der Waals surface area contributed by atoms with Crippen molar-refractivity contribution in [2.75, 3.05) is 0 Å². The summed E-state index contributed by atoms with van der Waals surface area (Å²) in [4.78, 5) is 0. The average Bonchev–Trinajstić information content (AvgIpc) is 2.56. The van der Waals surface area contributed by atoms with Gasteiger partial charge < -0.3 is 12.9 Å². The van der Waals surface area contributed by atoms with E-state index in [1.54, 1.807) is 0 Å². The van der Waals surface area contributed by atoms with Crippen LogP contribution in [0.5, 0.6) is 0 Å². The first-order chi connectivity index (χ1) is 4.59. The quantitative estimate of drug-likeness (QED) is 0.519. The van der Waals surface area contributed by atoms with Gasteiger partial charge in [0.2, 0.25) is 0 Å². The van der Waals surface area contributed by atoms with Gasteiger partial charge in [-0.25, -0.2) is 0 Å². The van der Waals surface area contributed by atoms with Gasteiger partial charge in [0.25, 0.3) is 0 Å². The standard InChI is InChI=1S/C6H9BF3.K/c8-7(9,10)6-3-5(6)4-1-2-4;/h4-6H,1-3H2;/q-1;+1. The Labute approximate surface area is 107 Å². The second kappa shape index (κ2) is 3.33. The fraction of sp³-hybridized carbons (Fsp3) is 1.00. The second-order valence-electron chi connectivity index (χ2n) is 3.53. The van der Waals surface area contributed by atoms with Crippen LogP contribution < -0.4 is 51.4 Å². The molecule has 2 rings (SSSR count). The van der Waals surface area contributed by atoms with Crippen LogP contribution in [-0.2, 0) is 0 Å². The number of hydrogen-bond acceptors (Lipinski definition) is 0. The van der Waals surface area contributed by atoms with E-state index in [0.717, 1.165) is 12.8 Å². The molecular weight excluding hydrogens is 179 g/mol. The van der Waals surface area contributed by atoms with Crippen LogP contribution in [0.15, 0.2) is 0 Å². The largest absolute Gasteiger partial charge is 1.00 e. The van der Waals surface area contributed by atoms with Crippen molar-refractivity contribution in [1.82, 2.24) is 0 Å². The van der Waals surface area contributed by atoms with Crippen molar-refractivity contribution in [2.45, 2.75) is 25.1 Å².